The van der Waals surface area contributed by atoms with E-state index in [0.717, 1.165) is 27.7 Å². The van der Waals surface area contributed by atoms with Gasteiger partial charge in [-0.25, -0.2) is 4.39 Å². The Morgan fingerprint density at radius 1 is 0.833 bits per heavy atom. The zero-order chi connectivity index (χ0) is 18.4. The van der Waals surface area contributed by atoms with Gasteiger partial charge in [-0.2, -0.15) is 0 Å². The van der Waals surface area contributed by atoms with Gasteiger partial charge in [0.05, 0.1) is 0 Å². The third-order valence-corrected chi connectivity index (χ3v) is 2.91. The minimum absolute atomic E-state index is 0.446. The molecular formula is C14H19FO9. The smallest absolute Gasteiger partial charge is 0.305 e. The Balaban J connectivity index is 3.04. The van der Waals surface area contributed by atoms with Crippen molar-refractivity contribution < 1.29 is 47.3 Å². The molecule has 1 fully saturated rings. The first-order valence-corrected chi connectivity index (χ1v) is 7.06. The Bertz CT molecular complexity index is 504. The second-order valence-corrected chi connectivity index (χ2v) is 5.05. The zero-order valence-electron chi connectivity index (χ0n) is 13.6. The van der Waals surface area contributed by atoms with Gasteiger partial charge in [0.25, 0.3) is 0 Å². The van der Waals surface area contributed by atoms with Crippen molar-refractivity contribution in [2.45, 2.75) is 58.5 Å². The summed E-state index contributed by atoms with van der Waals surface area (Å²) in [6.07, 6.45) is -8.03. The number of rotatable bonds is 5. The van der Waals surface area contributed by atoms with E-state index in [9.17, 15) is 23.6 Å². The van der Waals surface area contributed by atoms with Crippen molar-refractivity contribution in [2.24, 2.45) is 0 Å². The highest BCUT2D eigenvalue weighted by Crippen LogP contribution is 2.29. The summed E-state index contributed by atoms with van der Waals surface area (Å²) < 4.78 is 39.3. The second kappa shape index (κ2) is 8.57. The molecule has 9 nitrogen and oxygen atoms in total. The highest BCUT2D eigenvalue weighted by atomic mass is 19.1. The van der Waals surface area contributed by atoms with E-state index in [2.05, 4.69) is 0 Å². The molecule has 0 spiro atoms. The Hall–Kier alpha value is -2.23. The van der Waals surface area contributed by atoms with E-state index in [4.69, 9.17) is 23.7 Å². The molecule has 0 radical (unpaired) electrons. The average molecular weight is 350 g/mol. The van der Waals surface area contributed by atoms with E-state index < -0.39 is 61.3 Å². The quantitative estimate of drug-likeness (QED) is 0.500. The number of hydrogen-bond donors (Lipinski definition) is 0. The molecule has 1 saturated heterocycles. The molecule has 0 bridgehead atoms. The topological polar surface area (TPSA) is 114 Å². The predicted octanol–water partition coefficient (Wildman–Crippen LogP) is 0.0390. The van der Waals surface area contributed by atoms with Gasteiger partial charge in [0, 0.05) is 27.7 Å². The summed E-state index contributed by atoms with van der Waals surface area (Å²) >= 11 is 0. The van der Waals surface area contributed by atoms with Crippen LogP contribution in [0.2, 0.25) is 0 Å². The van der Waals surface area contributed by atoms with Crippen LogP contribution in [0.25, 0.3) is 0 Å². The van der Waals surface area contributed by atoms with Gasteiger partial charge < -0.3 is 23.7 Å². The Morgan fingerprint density at radius 2 is 1.33 bits per heavy atom. The van der Waals surface area contributed by atoms with E-state index in [0.29, 0.717) is 0 Å². The minimum Gasteiger partial charge on any atom is -0.463 e. The molecule has 0 saturated carbocycles. The van der Waals surface area contributed by atoms with Crippen LogP contribution in [0.1, 0.15) is 27.7 Å². The molecule has 0 amide bonds. The largest absolute Gasteiger partial charge is 0.463 e. The summed E-state index contributed by atoms with van der Waals surface area (Å²) in [6, 6.07) is 0. The van der Waals surface area contributed by atoms with Gasteiger partial charge in [-0.3, -0.25) is 19.2 Å². The van der Waals surface area contributed by atoms with E-state index in [1.807, 2.05) is 0 Å². The van der Waals surface area contributed by atoms with Crippen molar-refractivity contribution in [3.05, 3.63) is 0 Å². The fourth-order valence-electron chi connectivity index (χ4n) is 2.11. The summed E-state index contributed by atoms with van der Waals surface area (Å²) in [5.41, 5.74) is 0. The zero-order valence-corrected chi connectivity index (χ0v) is 13.6. The van der Waals surface area contributed by atoms with Crippen molar-refractivity contribution in [3.63, 3.8) is 0 Å². The third kappa shape index (κ3) is 5.76. The number of alkyl halides is 1. The number of carbonyl (C=O) groups is 4. The Labute approximate surface area is 137 Å². The molecule has 0 aromatic heterocycles. The van der Waals surface area contributed by atoms with Crippen LogP contribution in [0.15, 0.2) is 0 Å². The Kier molecular flexibility index (Phi) is 7.08. The molecule has 1 rings (SSSR count). The van der Waals surface area contributed by atoms with Gasteiger partial charge >= 0.3 is 23.9 Å². The second-order valence-electron chi connectivity index (χ2n) is 5.05. The van der Waals surface area contributed by atoms with Gasteiger partial charge in [0.2, 0.25) is 6.29 Å². The highest BCUT2D eigenvalue weighted by Gasteiger charge is 2.52. The molecule has 24 heavy (non-hydrogen) atoms. The molecule has 0 N–H and O–H groups in total. The van der Waals surface area contributed by atoms with Crippen LogP contribution in [-0.4, -0.2) is 61.3 Å². The van der Waals surface area contributed by atoms with E-state index >= 15 is 0 Å². The van der Waals surface area contributed by atoms with E-state index in [-0.39, 0.29) is 0 Å². The van der Waals surface area contributed by atoms with E-state index in [1.165, 1.54) is 0 Å². The number of ether oxygens (including phenoxy) is 5. The monoisotopic (exact) mass is 350 g/mol. The molecule has 0 unspecified atom stereocenters. The van der Waals surface area contributed by atoms with Crippen LogP contribution >= 0.6 is 0 Å². The number of hydrogen-bond acceptors (Lipinski definition) is 9. The molecule has 0 aromatic carbocycles. The van der Waals surface area contributed by atoms with Crippen LogP contribution in [0.5, 0.6) is 0 Å². The van der Waals surface area contributed by atoms with Crippen molar-refractivity contribution in [3.8, 4) is 0 Å². The fraction of sp³-hybridized carbons (Fsp3) is 0.714. The molecular weight excluding hydrogens is 331 g/mol. The van der Waals surface area contributed by atoms with Crippen molar-refractivity contribution >= 4 is 23.9 Å². The van der Waals surface area contributed by atoms with Gasteiger partial charge in [0.15, 0.2) is 18.4 Å². The van der Waals surface area contributed by atoms with Gasteiger partial charge in [0.1, 0.15) is 12.7 Å². The van der Waals surface area contributed by atoms with Crippen LogP contribution in [-0.2, 0) is 42.9 Å². The van der Waals surface area contributed by atoms with Crippen LogP contribution in [0, 0.1) is 0 Å². The minimum atomic E-state index is -2.06. The third-order valence-electron chi connectivity index (χ3n) is 2.91. The predicted molar refractivity (Wildman–Crippen MR) is 73.1 cm³/mol. The molecule has 0 aromatic rings. The molecule has 10 heteroatoms. The van der Waals surface area contributed by atoms with Crippen LogP contribution in [0.3, 0.4) is 0 Å². The van der Waals surface area contributed by atoms with Gasteiger partial charge in [-0.1, -0.05) is 0 Å². The fourth-order valence-corrected chi connectivity index (χ4v) is 2.11. The molecule has 1 aliphatic rings. The lowest BCUT2D eigenvalue weighted by Crippen LogP contribution is -2.60. The van der Waals surface area contributed by atoms with Gasteiger partial charge in [-0.15, -0.1) is 0 Å². The number of carbonyl (C=O) groups excluding carboxylic acids is 4. The summed E-state index contributed by atoms with van der Waals surface area (Å²) in [7, 11) is 0. The van der Waals surface area contributed by atoms with E-state index in [1.54, 1.807) is 0 Å². The summed E-state index contributed by atoms with van der Waals surface area (Å²) in [6.45, 7) is 3.82. The highest BCUT2D eigenvalue weighted by molar-refractivity contribution is 5.68. The maximum atomic E-state index is 14.7. The number of esters is 4. The lowest BCUT2D eigenvalue weighted by molar-refractivity contribution is -0.288. The first-order chi connectivity index (χ1) is 11.1. The Morgan fingerprint density at radius 3 is 1.79 bits per heavy atom. The maximum absolute atomic E-state index is 14.7. The summed E-state index contributed by atoms with van der Waals surface area (Å²) in [5, 5.41) is 0. The SMILES string of the molecule is CC(=O)OC[C@H]1O[C@H](OC(C)=O)[C@H](OC(C)=O)[C@H](F)[C@@H]1OC(C)=O. The van der Waals surface area contributed by atoms with Crippen molar-refractivity contribution in [1.29, 1.82) is 0 Å². The first kappa shape index (κ1) is 19.8. The molecule has 0 aliphatic carbocycles. The lowest BCUT2D eigenvalue weighted by Gasteiger charge is -2.41. The normalized spacial score (nSPS) is 29.3. The summed E-state index contributed by atoms with van der Waals surface area (Å²) in [4.78, 5) is 44.4. The molecule has 1 heterocycles. The first-order valence-electron chi connectivity index (χ1n) is 7.06. The van der Waals surface area contributed by atoms with Crippen LogP contribution in [0.4, 0.5) is 4.39 Å². The average Bonchev–Trinajstić information content (AvgIpc) is 2.42. The lowest BCUT2D eigenvalue weighted by atomic mass is 10.00. The molecule has 1 aliphatic heterocycles. The molecule has 136 valence electrons. The molecule has 5 atom stereocenters. The number of halogens is 1. The summed E-state index contributed by atoms with van der Waals surface area (Å²) in [5.74, 6) is -3.13. The maximum Gasteiger partial charge on any atom is 0.305 e. The van der Waals surface area contributed by atoms with Crippen LogP contribution < -0.4 is 0 Å². The van der Waals surface area contributed by atoms with Crippen molar-refractivity contribution in [1.82, 2.24) is 0 Å². The van der Waals surface area contributed by atoms with Gasteiger partial charge in [-0.05, 0) is 0 Å². The van der Waals surface area contributed by atoms with Crippen molar-refractivity contribution in [2.75, 3.05) is 6.61 Å². The standard InChI is InChI=1S/C14H19FO9/c1-6(16)20-5-10-12(21-7(2)17)11(15)13(22-8(3)18)14(24-10)23-9(4)19/h10-14H,5H2,1-4H3/t10-,11-,12-,13-,14+/m1/s1.